The van der Waals surface area contributed by atoms with Gasteiger partial charge in [0.25, 0.3) is 5.56 Å². The molecule has 0 aliphatic carbocycles. The third-order valence-electron chi connectivity index (χ3n) is 5.43. The minimum Gasteiger partial charge on any atom is -0.356 e. The summed E-state index contributed by atoms with van der Waals surface area (Å²) in [6.07, 6.45) is -0.170. The number of anilines is 1. The maximum Gasteiger partial charge on any atom is 0.338 e. The predicted molar refractivity (Wildman–Crippen MR) is 117 cm³/mol. The molecule has 12 heteroatoms. The van der Waals surface area contributed by atoms with E-state index in [0.29, 0.717) is 0 Å². The molecule has 4 rings (SSSR count). The van der Waals surface area contributed by atoms with Gasteiger partial charge in [-0.3, -0.25) is 14.3 Å². The summed E-state index contributed by atoms with van der Waals surface area (Å²) in [6, 6.07) is 8.44. The van der Waals surface area contributed by atoms with Gasteiger partial charge in [-0.05, 0) is 23.8 Å². The number of nitrogens with zero attached hydrogens (tertiary/aromatic N) is 6. The van der Waals surface area contributed by atoms with Crippen molar-refractivity contribution in [2.75, 3.05) is 18.0 Å². The molecule has 34 heavy (non-hydrogen) atoms. The highest BCUT2D eigenvalue weighted by Crippen LogP contribution is 2.35. The number of hydrogen-bond acceptors (Lipinski definition) is 6. The van der Waals surface area contributed by atoms with Crippen molar-refractivity contribution < 1.29 is 13.2 Å². The van der Waals surface area contributed by atoms with Crippen LogP contribution in [-0.2, 0) is 6.54 Å². The summed E-state index contributed by atoms with van der Waals surface area (Å²) in [7, 11) is 0. The predicted octanol–water partition coefficient (Wildman–Crippen LogP) is 2.95. The summed E-state index contributed by atoms with van der Waals surface area (Å²) in [5, 5.41) is 18.3. The fourth-order valence-electron chi connectivity index (χ4n) is 3.77. The molecule has 3 heterocycles. The highest BCUT2D eigenvalue weighted by molar-refractivity contribution is 6.31. The van der Waals surface area contributed by atoms with Gasteiger partial charge < -0.3 is 4.90 Å². The van der Waals surface area contributed by atoms with Crippen LogP contribution in [0.4, 0.5) is 19.0 Å². The number of nitriles is 2. The van der Waals surface area contributed by atoms with Crippen molar-refractivity contribution in [1.29, 1.82) is 10.5 Å². The van der Waals surface area contributed by atoms with Gasteiger partial charge in [0.05, 0.1) is 40.0 Å². The Bertz CT molecular complexity index is 1480. The maximum atomic E-state index is 13.8. The van der Waals surface area contributed by atoms with Crippen LogP contribution in [0.5, 0.6) is 0 Å². The largest absolute Gasteiger partial charge is 0.356 e. The Morgan fingerprint density at radius 1 is 1.18 bits per heavy atom. The van der Waals surface area contributed by atoms with E-state index in [2.05, 4.69) is 4.98 Å². The van der Waals surface area contributed by atoms with Crippen LogP contribution in [0.15, 0.2) is 46.2 Å². The number of hydrogen-bond donors (Lipinski definition) is 0. The van der Waals surface area contributed by atoms with Crippen LogP contribution in [0, 0.1) is 34.4 Å². The van der Waals surface area contributed by atoms with Gasteiger partial charge in [0.1, 0.15) is 24.2 Å². The van der Waals surface area contributed by atoms with Gasteiger partial charge in [-0.1, -0.05) is 17.7 Å². The lowest BCUT2D eigenvalue weighted by atomic mass is 9.98. The number of alkyl halides is 2. The first-order chi connectivity index (χ1) is 16.3. The molecule has 0 amide bonds. The second kappa shape index (κ2) is 9.04. The van der Waals surface area contributed by atoms with E-state index in [9.17, 15) is 33.3 Å². The Balaban J connectivity index is 2.07. The average molecular weight is 487 g/mol. The molecule has 3 aromatic rings. The highest BCUT2D eigenvalue weighted by Gasteiger charge is 2.38. The van der Waals surface area contributed by atoms with Crippen LogP contribution < -0.4 is 16.1 Å². The van der Waals surface area contributed by atoms with Gasteiger partial charge >= 0.3 is 5.69 Å². The second-order valence-electron chi connectivity index (χ2n) is 7.54. The monoisotopic (exact) mass is 486 g/mol. The van der Waals surface area contributed by atoms with Crippen molar-refractivity contribution in [3.05, 3.63) is 73.9 Å². The molecule has 1 fully saturated rings. The molecule has 0 bridgehead atoms. The standard InChI is InChI=1S/C22H14ClF3N6O2/c23-16-6-13(1-2-17(16)24)18-20(30-10-14(11-30)19(25)26)31(4-3-27)22(34)32(21(18)33)15-5-12(7-28)8-29-9-15/h1-2,5-6,8-9,14,19H,4,10-11H2. The third-order valence-corrected chi connectivity index (χ3v) is 5.72. The highest BCUT2D eigenvalue weighted by atomic mass is 35.5. The smallest absolute Gasteiger partial charge is 0.338 e. The van der Waals surface area contributed by atoms with E-state index in [0.717, 1.165) is 15.2 Å². The zero-order chi connectivity index (χ0) is 24.6. The van der Waals surface area contributed by atoms with Gasteiger partial charge in [-0.25, -0.2) is 22.5 Å². The van der Waals surface area contributed by atoms with Crippen molar-refractivity contribution in [2.24, 2.45) is 5.92 Å². The molecule has 1 aliphatic heterocycles. The molecule has 0 N–H and O–H groups in total. The van der Waals surface area contributed by atoms with Crippen molar-refractivity contribution in [3.63, 3.8) is 0 Å². The normalized spacial score (nSPS) is 13.4. The zero-order valence-corrected chi connectivity index (χ0v) is 18.0. The molecule has 0 radical (unpaired) electrons. The molecular formula is C22H14ClF3N6O2. The molecule has 0 spiro atoms. The summed E-state index contributed by atoms with van der Waals surface area (Å²) in [4.78, 5) is 32.3. The fraction of sp³-hybridized carbons (Fsp3) is 0.227. The summed E-state index contributed by atoms with van der Waals surface area (Å²) in [6.45, 7) is -0.809. The number of halogens is 4. The van der Waals surface area contributed by atoms with Crippen LogP contribution in [0.25, 0.3) is 16.8 Å². The van der Waals surface area contributed by atoms with E-state index < -0.39 is 36.0 Å². The van der Waals surface area contributed by atoms with E-state index in [1.165, 1.54) is 35.5 Å². The van der Waals surface area contributed by atoms with Crippen LogP contribution in [0.1, 0.15) is 5.56 Å². The van der Waals surface area contributed by atoms with Crippen molar-refractivity contribution in [3.8, 4) is 29.0 Å². The first-order valence-electron chi connectivity index (χ1n) is 9.87. The molecule has 1 aromatic carbocycles. The minimum absolute atomic E-state index is 0.0317. The Morgan fingerprint density at radius 2 is 1.91 bits per heavy atom. The van der Waals surface area contributed by atoms with Crippen molar-refractivity contribution in [2.45, 2.75) is 13.0 Å². The molecule has 1 saturated heterocycles. The molecular weight excluding hydrogens is 473 g/mol. The topological polar surface area (TPSA) is 108 Å². The van der Waals surface area contributed by atoms with E-state index in [4.69, 9.17) is 11.6 Å². The average Bonchev–Trinajstić information content (AvgIpc) is 2.77. The lowest BCUT2D eigenvalue weighted by molar-refractivity contribution is 0.0608. The number of aromatic nitrogens is 3. The van der Waals surface area contributed by atoms with Crippen LogP contribution in [0.2, 0.25) is 5.02 Å². The minimum atomic E-state index is -2.60. The van der Waals surface area contributed by atoms with Crippen LogP contribution in [-0.4, -0.2) is 33.6 Å². The zero-order valence-electron chi connectivity index (χ0n) is 17.3. The lowest BCUT2D eigenvalue weighted by Gasteiger charge is -2.42. The molecule has 0 atom stereocenters. The van der Waals surface area contributed by atoms with E-state index in [1.54, 1.807) is 0 Å². The maximum absolute atomic E-state index is 13.8. The SMILES string of the molecule is N#CCn1c(N2CC(C(F)F)C2)c(-c2ccc(F)c(Cl)c2)c(=O)n(-c2cncc(C#N)c2)c1=O. The molecule has 2 aromatic heterocycles. The Hall–Kier alpha value is -4.09. The summed E-state index contributed by atoms with van der Waals surface area (Å²) < 4.78 is 41.8. The number of pyridine rings is 1. The molecule has 172 valence electrons. The second-order valence-corrected chi connectivity index (χ2v) is 7.95. The molecule has 0 saturated carbocycles. The summed E-state index contributed by atoms with van der Waals surface area (Å²) in [5.41, 5.74) is -1.75. The van der Waals surface area contributed by atoms with Gasteiger partial charge in [0.15, 0.2) is 0 Å². The first kappa shape index (κ1) is 23.1. The Labute approximate surface area is 195 Å². The Kier molecular flexibility index (Phi) is 6.14. The van der Waals surface area contributed by atoms with Gasteiger partial charge in [-0.2, -0.15) is 10.5 Å². The molecule has 0 unspecified atom stereocenters. The van der Waals surface area contributed by atoms with Gasteiger partial charge in [0.2, 0.25) is 6.43 Å². The lowest BCUT2D eigenvalue weighted by Crippen LogP contribution is -2.54. The first-order valence-corrected chi connectivity index (χ1v) is 10.3. The van der Waals surface area contributed by atoms with E-state index in [-0.39, 0.29) is 46.3 Å². The van der Waals surface area contributed by atoms with Crippen molar-refractivity contribution >= 4 is 17.4 Å². The number of benzene rings is 1. The van der Waals surface area contributed by atoms with Crippen LogP contribution >= 0.6 is 11.6 Å². The summed E-state index contributed by atoms with van der Waals surface area (Å²) >= 11 is 5.93. The molecule has 8 nitrogen and oxygen atoms in total. The van der Waals surface area contributed by atoms with Crippen LogP contribution in [0.3, 0.4) is 0 Å². The van der Waals surface area contributed by atoms with Crippen molar-refractivity contribution in [1.82, 2.24) is 14.1 Å². The number of rotatable bonds is 5. The quantitative estimate of drug-likeness (QED) is 0.548. The molecule has 1 aliphatic rings. The summed E-state index contributed by atoms with van der Waals surface area (Å²) in [5.74, 6) is -1.77. The van der Waals surface area contributed by atoms with Gasteiger partial charge in [-0.15, -0.1) is 0 Å². The third kappa shape index (κ3) is 3.91. The van der Waals surface area contributed by atoms with E-state index >= 15 is 0 Å². The van der Waals surface area contributed by atoms with E-state index in [1.807, 2.05) is 12.1 Å². The Morgan fingerprint density at radius 3 is 2.53 bits per heavy atom. The van der Waals surface area contributed by atoms with Gasteiger partial charge in [0, 0.05) is 19.3 Å². The fourth-order valence-corrected chi connectivity index (χ4v) is 3.95.